The van der Waals surface area contributed by atoms with Crippen LogP contribution in [0.25, 0.3) is 0 Å². The molecule has 0 N–H and O–H groups in total. The summed E-state index contributed by atoms with van der Waals surface area (Å²) in [6.45, 7) is 1.96. The number of hydrogen-bond acceptors (Lipinski definition) is 4. The predicted molar refractivity (Wildman–Crippen MR) is 129 cm³/mol. The first-order chi connectivity index (χ1) is 16.7. The number of halogens is 3. The molecule has 2 aliphatic heterocycles. The van der Waals surface area contributed by atoms with Crippen molar-refractivity contribution in [3.63, 3.8) is 0 Å². The molecule has 0 unspecified atom stereocenters. The third-order valence-electron chi connectivity index (χ3n) is 6.85. The minimum absolute atomic E-state index is 0.0490. The van der Waals surface area contributed by atoms with Crippen LogP contribution in [-0.2, 0) is 14.8 Å². The predicted octanol–water partition coefficient (Wildman–Crippen LogP) is 4.87. The second-order valence-electron chi connectivity index (χ2n) is 9.37. The fourth-order valence-electron chi connectivity index (χ4n) is 4.74. The van der Waals surface area contributed by atoms with Gasteiger partial charge in [-0.1, -0.05) is 11.6 Å². The highest BCUT2D eigenvalue weighted by atomic mass is 35.5. The molecule has 0 aromatic heterocycles. The molecule has 2 aromatic rings. The molecule has 2 fully saturated rings. The first kappa shape index (κ1) is 25.9. The van der Waals surface area contributed by atoms with Crippen molar-refractivity contribution in [2.45, 2.75) is 43.4 Å². The lowest BCUT2D eigenvalue weighted by Gasteiger charge is -2.42. The monoisotopic (exact) mass is 526 g/mol. The van der Waals surface area contributed by atoms with Gasteiger partial charge >= 0.3 is 0 Å². The van der Waals surface area contributed by atoms with Crippen molar-refractivity contribution in [2.75, 3.05) is 32.8 Å². The number of amides is 1. The maximum absolute atomic E-state index is 13.7. The Kier molecular flexibility index (Phi) is 7.98. The Hall–Kier alpha value is -2.23. The van der Waals surface area contributed by atoms with E-state index < -0.39 is 32.0 Å². The Morgan fingerprint density at radius 3 is 2.14 bits per heavy atom. The molecular formula is C25H29ClF2N2O4S. The summed E-state index contributed by atoms with van der Waals surface area (Å²) in [6.07, 6.45) is 4.10. The maximum atomic E-state index is 13.7. The lowest BCUT2D eigenvalue weighted by Crippen LogP contribution is -2.48. The van der Waals surface area contributed by atoms with E-state index in [-0.39, 0.29) is 32.0 Å². The van der Waals surface area contributed by atoms with Crippen molar-refractivity contribution < 1.29 is 26.7 Å². The first-order valence-corrected chi connectivity index (χ1v) is 13.6. The van der Waals surface area contributed by atoms with Gasteiger partial charge in [-0.3, -0.25) is 4.79 Å². The Morgan fingerprint density at radius 2 is 1.54 bits per heavy atom. The fraction of sp³-hybridized carbons (Fsp3) is 0.480. The van der Waals surface area contributed by atoms with Crippen LogP contribution in [0, 0.1) is 17.0 Å². The molecular weight excluding hydrogens is 498 g/mol. The molecule has 4 rings (SSSR count). The number of carbonyl (C=O) groups excluding carboxylic acids is 1. The Bertz CT molecular complexity index is 1130. The minimum Gasteiger partial charge on any atom is -0.493 e. The van der Waals surface area contributed by atoms with Crippen molar-refractivity contribution >= 4 is 27.5 Å². The van der Waals surface area contributed by atoms with Gasteiger partial charge in [-0.15, -0.1) is 0 Å². The van der Waals surface area contributed by atoms with Crippen LogP contribution in [0.3, 0.4) is 0 Å². The number of rotatable bonds is 7. The van der Waals surface area contributed by atoms with Crippen LogP contribution in [0.5, 0.6) is 5.75 Å². The van der Waals surface area contributed by atoms with Gasteiger partial charge < -0.3 is 9.64 Å². The number of carbonyl (C=O) groups is 1. The molecule has 35 heavy (non-hydrogen) atoms. The molecule has 6 nitrogen and oxygen atoms in total. The number of sulfonamides is 1. The average Bonchev–Trinajstić information content (AvgIpc) is 2.84. The minimum atomic E-state index is -4.08. The number of nitrogens with zero attached hydrogens (tertiary/aromatic N) is 2. The molecule has 190 valence electrons. The first-order valence-electron chi connectivity index (χ1n) is 11.8. The van der Waals surface area contributed by atoms with E-state index in [1.807, 2.05) is 4.90 Å². The highest BCUT2D eigenvalue weighted by Crippen LogP contribution is 2.38. The Balaban J connectivity index is 1.50. The van der Waals surface area contributed by atoms with Gasteiger partial charge in [-0.25, -0.2) is 17.2 Å². The summed E-state index contributed by atoms with van der Waals surface area (Å²) in [6, 6.07) is 9.22. The fourth-order valence-corrected chi connectivity index (χ4v) is 6.35. The second kappa shape index (κ2) is 10.8. The van der Waals surface area contributed by atoms with E-state index in [1.165, 1.54) is 4.31 Å². The van der Waals surface area contributed by atoms with Crippen LogP contribution < -0.4 is 4.74 Å². The second-order valence-corrected chi connectivity index (χ2v) is 11.7. The van der Waals surface area contributed by atoms with Crippen molar-refractivity contribution in [1.29, 1.82) is 0 Å². The highest BCUT2D eigenvalue weighted by Gasteiger charge is 2.42. The molecule has 10 heteroatoms. The smallest absolute Gasteiger partial charge is 0.243 e. The summed E-state index contributed by atoms with van der Waals surface area (Å²) in [5, 5.41) is 0.583. The molecule has 0 bridgehead atoms. The van der Waals surface area contributed by atoms with Gasteiger partial charge in [0, 0.05) is 49.1 Å². The molecule has 2 heterocycles. The van der Waals surface area contributed by atoms with Gasteiger partial charge in [-0.05, 0) is 68.5 Å². The van der Waals surface area contributed by atoms with E-state index in [0.717, 1.165) is 44.5 Å². The lowest BCUT2D eigenvalue weighted by atomic mass is 9.76. The number of ether oxygens (including phenoxy) is 1. The van der Waals surface area contributed by atoms with E-state index in [4.69, 9.17) is 16.3 Å². The normalized spacial score (nSPS) is 18.9. The van der Waals surface area contributed by atoms with Crippen LogP contribution >= 0.6 is 11.6 Å². The van der Waals surface area contributed by atoms with Crippen LogP contribution in [0.2, 0.25) is 5.02 Å². The highest BCUT2D eigenvalue weighted by molar-refractivity contribution is 7.89. The van der Waals surface area contributed by atoms with Crippen molar-refractivity contribution in [2.24, 2.45) is 5.41 Å². The van der Waals surface area contributed by atoms with Crippen LogP contribution in [-0.4, -0.2) is 56.3 Å². The van der Waals surface area contributed by atoms with E-state index in [1.54, 1.807) is 24.3 Å². The molecule has 0 aliphatic carbocycles. The van der Waals surface area contributed by atoms with Crippen molar-refractivity contribution in [3.8, 4) is 5.75 Å². The van der Waals surface area contributed by atoms with Gasteiger partial charge in [0.1, 0.15) is 17.4 Å². The summed E-state index contributed by atoms with van der Waals surface area (Å²) in [5.41, 5.74) is -0.562. The van der Waals surface area contributed by atoms with Crippen LogP contribution in [0.15, 0.2) is 47.4 Å². The third kappa shape index (κ3) is 6.32. The van der Waals surface area contributed by atoms with Crippen molar-refractivity contribution in [1.82, 2.24) is 9.21 Å². The quantitative estimate of drug-likeness (QED) is 0.516. The zero-order valence-corrected chi connectivity index (χ0v) is 21.0. The van der Waals surface area contributed by atoms with Gasteiger partial charge in [-0.2, -0.15) is 4.31 Å². The maximum Gasteiger partial charge on any atom is 0.243 e. The van der Waals surface area contributed by atoms with E-state index in [2.05, 4.69) is 0 Å². The number of hydrogen-bond donors (Lipinski definition) is 0. The topological polar surface area (TPSA) is 66.9 Å². The Morgan fingerprint density at radius 1 is 0.943 bits per heavy atom. The van der Waals surface area contributed by atoms with Gasteiger partial charge in [0.15, 0.2) is 0 Å². The van der Waals surface area contributed by atoms with Gasteiger partial charge in [0.2, 0.25) is 15.9 Å². The molecule has 1 amide bonds. The summed E-state index contributed by atoms with van der Waals surface area (Å²) in [5.74, 6) is -1.23. The van der Waals surface area contributed by atoms with Crippen molar-refractivity contribution in [3.05, 3.63) is 59.1 Å². The molecule has 2 aromatic carbocycles. The molecule has 0 saturated carbocycles. The molecule has 2 saturated heterocycles. The number of piperidine rings is 2. The lowest BCUT2D eigenvalue weighted by molar-refractivity contribution is -0.136. The standard InChI is InChI=1S/C25H29ClF2N2O4S/c26-19-4-6-22(7-5-19)34-18-25(17-24(31)29-10-2-1-3-11-29)8-12-30(13-9-25)35(32,33)23-15-20(27)14-21(28)16-23/h4-7,14-16H,1-3,8-13,17-18H2. The number of likely N-dealkylation sites (tertiary alicyclic amines) is 1. The van der Waals surface area contributed by atoms with Gasteiger partial charge in [0.25, 0.3) is 0 Å². The summed E-state index contributed by atoms with van der Waals surface area (Å²) in [7, 11) is -4.08. The summed E-state index contributed by atoms with van der Waals surface area (Å²) in [4.78, 5) is 14.6. The number of benzene rings is 2. The summed E-state index contributed by atoms with van der Waals surface area (Å²) >= 11 is 5.96. The van der Waals surface area contributed by atoms with Gasteiger partial charge in [0.05, 0.1) is 11.5 Å². The zero-order valence-electron chi connectivity index (χ0n) is 19.4. The van der Waals surface area contributed by atoms with E-state index in [0.29, 0.717) is 29.7 Å². The van der Waals surface area contributed by atoms with Crippen LogP contribution in [0.1, 0.15) is 38.5 Å². The SMILES string of the molecule is O=C(CC1(COc2ccc(Cl)cc2)CCN(S(=O)(=O)c2cc(F)cc(F)c2)CC1)N1CCCCC1. The third-order valence-corrected chi connectivity index (χ3v) is 8.98. The van der Waals surface area contributed by atoms with Crippen LogP contribution in [0.4, 0.5) is 8.78 Å². The average molecular weight is 527 g/mol. The molecule has 2 aliphatic rings. The van der Waals surface area contributed by atoms with E-state index in [9.17, 15) is 22.0 Å². The molecule has 0 spiro atoms. The molecule has 0 radical (unpaired) electrons. The summed E-state index contributed by atoms with van der Waals surface area (Å²) < 4.78 is 60.7. The largest absolute Gasteiger partial charge is 0.493 e. The molecule has 0 atom stereocenters. The zero-order chi connectivity index (χ0) is 25.1. The van der Waals surface area contributed by atoms with E-state index >= 15 is 0 Å². The Labute approximate surface area is 209 Å².